The zero-order valence-electron chi connectivity index (χ0n) is 20.6. The average molecular weight is 495 g/mol. The molecule has 36 heavy (non-hydrogen) atoms. The zero-order chi connectivity index (χ0) is 25.9. The van der Waals surface area contributed by atoms with Crippen molar-refractivity contribution in [2.24, 2.45) is 0 Å². The van der Waals surface area contributed by atoms with E-state index in [9.17, 15) is 14.4 Å². The third-order valence-corrected chi connectivity index (χ3v) is 5.60. The van der Waals surface area contributed by atoms with Crippen LogP contribution in [0.1, 0.15) is 31.7 Å². The number of unbranched alkanes of at least 4 members (excludes halogenated alkanes) is 1. The third kappa shape index (κ3) is 6.87. The number of methoxy groups -OCH3 is 2. The van der Waals surface area contributed by atoms with Crippen molar-refractivity contribution < 1.29 is 23.9 Å². The Balaban J connectivity index is 1.76. The highest BCUT2D eigenvalue weighted by atomic mass is 16.5. The van der Waals surface area contributed by atoms with Gasteiger partial charge in [0.15, 0.2) is 0 Å². The summed E-state index contributed by atoms with van der Waals surface area (Å²) in [5.74, 6) is -0.833. The molecule has 1 atom stereocenters. The number of esters is 2. The summed E-state index contributed by atoms with van der Waals surface area (Å²) in [5.41, 5.74) is 3.68. The van der Waals surface area contributed by atoms with Gasteiger partial charge in [-0.15, -0.1) is 10.2 Å². The lowest BCUT2D eigenvalue weighted by molar-refractivity contribution is -0.149. The third-order valence-electron chi connectivity index (χ3n) is 5.60. The summed E-state index contributed by atoms with van der Waals surface area (Å²) in [5, 5.41) is 16.9. The van der Waals surface area contributed by atoms with E-state index in [1.54, 1.807) is 4.90 Å². The van der Waals surface area contributed by atoms with Gasteiger partial charge < -0.3 is 19.7 Å². The first-order chi connectivity index (χ1) is 17.5. The molecule has 0 radical (unpaired) electrons. The van der Waals surface area contributed by atoms with Gasteiger partial charge in [-0.3, -0.25) is 4.79 Å². The number of ether oxygens (including phenoxy) is 2. The summed E-state index contributed by atoms with van der Waals surface area (Å²) < 4.78 is 9.37. The Hall–Kier alpha value is -4.28. The minimum atomic E-state index is -1.14. The van der Waals surface area contributed by atoms with Gasteiger partial charge in [0.25, 0.3) is 0 Å². The molecule has 2 amide bonds. The minimum Gasteiger partial charge on any atom is -0.469 e. The van der Waals surface area contributed by atoms with Crippen molar-refractivity contribution in [3.05, 3.63) is 54.1 Å². The molecule has 0 aliphatic carbocycles. The van der Waals surface area contributed by atoms with Gasteiger partial charge in [0.2, 0.25) is 5.82 Å². The highest BCUT2D eigenvalue weighted by Crippen LogP contribution is 2.29. The van der Waals surface area contributed by atoms with Gasteiger partial charge in [0, 0.05) is 18.7 Å². The smallest absolute Gasteiger partial charge is 0.329 e. The second-order valence-corrected chi connectivity index (χ2v) is 8.06. The van der Waals surface area contributed by atoms with Crippen LogP contribution in [0.2, 0.25) is 0 Å². The summed E-state index contributed by atoms with van der Waals surface area (Å²) in [6.45, 7) is 2.84. The van der Waals surface area contributed by atoms with Crippen LogP contribution in [0.4, 0.5) is 4.79 Å². The molecule has 0 saturated heterocycles. The molecule has 1 unspecified atom stereocenters. The Bertz CT molecular complexity index is 1150. The SMILES string of the molecule is CCCCN(Cc1ccc(-c2ccccc2-c2nn[nH]n2)cc1)C(=O)NC(CC(=O)OC)C(=O)OC. The highest BCUT2D eigenvalue weighted by molar-refractivity contribution is 5.87. The van der Waals surface area contributed by atoms with Crippen molar-refractivity contribution >= 4 is 18.0 Å². The number of aromatic amines is 1. The van der Waals surface area contributed by atoms with E-state index in [1.165, 1.54) is 14.2 Å². The van der Waals surface area contributed by atoms with E-state index in [-0.39, 0.29) is 6.42 Å². The Morgan fingerprint density at radius 1 is 1.03 bits per heavy atom. The zero-order valence-corrected chi connectivity index (χ0v) is 20.6. The number of benzene rings is 2. The largest absolute Gasteiger partial charge is 0.469 e. The lowest BCUT2D eigenvalue weighted by atomic mass is 9.98. The van der Waals surface area contributed by atoms with Crippen molar-refractivity contribution in [1.29, 1.82) is 0 Å². The van der Waals surface area contributed by atoms with E-state index in [0.29, 0.717) is 18.9 Å². The average Bonchev–Trinajstić information content (AvgIpc) is 3.45. The number of carbonyl (C=O) groups is 3. The number of aromatic nitrogens is 4. The van der Waals surface area contributed by atoms with Crippen LogP contribution in [-0.4, -0.2) is 70.3 Å². The van der Waals surface area contributed by atoms with Crippen LogP contribution >= 0.6 is 0 Å². The van der Waals surface area contributed by atoms with E-state index in [1.807, 2.05) is 55.5 Å². The Morgan fingerprint density at radius 3 is 2.36 bits per heavy atom. The molecule has 0 aliphatic heterocycles. The van der Waals surface area contributed by atoms with Gasteiger partial charge in [-0.1, -0.05) is 61.9 Å². The molecule has 2 aromatic carbocycles. The number of nitrogens with zero attached hydrogens (tertiary/aromatic N) is 4. The molecule has 0 bridgehead atoms. The van der Waals surface area contributed by atoms with Crippen LogP contribution in [0.15, 0.2) is 48.5 Å². The first-order valence-corrected chi connectivity index (χ1v) is 11.6. The van der Waals surface area contributed by atoms with Gasteiger partial charge in [0.1, 0.15) is 6.04 Å². The number of tetrazole rings is 1. The maximum Gasteiger partial charge on any atom is 0.329 e. The van der Waals surface area contributed by atoms with Crippen LogP contribution in [0.25, 0.3) is 22.5 Å². The van der Waals surface area contributed by atoms with Crippen LogP contribution in [0, 0.1) is 0 Å². The lowest BCUT2D eigenvalue weighted by Crippen LogP contribution is -2.49. The topological polar surface area (TPSA) is 139 Å². The van der Waals surface area contributed by atoms with Crippen molar-refractivity contribution in [1.82, 2.24) is 30.8 Å². The maximum atomic E-state index is 13.1. The van der Waals surface area contributed by atoms with Crippen molar-refractivity contribution in [3.8, 4) is 22.5 Å². The minimum absolute atomic E-state index is 0.314. The standard InChI is InChI=1S/C25H30N6O5/c1-4-5-14-31(25(34)26-21(24(33)36-3)15-22(32)35-2)16-17-10-12-18(13-11-17)19-8-6-7-9-20(19)23-27-29-30-28-23/h6-13,21H,4-5,14-16H2,1-3H3,(H,26,34)(H,27,28,29,30). The molecule has 3 aromatic rings. The number of urea groups is 1. The van der Waals surface area contributed by atoms with E-state index in [0.717, 1.165) is 35.1 Å². The number of H-pyrrole nitrogens is 1. The lowest BCUT2D eigenvalue weighted by Gasteiger charge is -2.25. The molecule has 0 fully saturated rings. The normalized spacial score (nSPS) is 11.4. The second kappa shape index (κ2) is 13.0. The number of carbonyl (C=O) groups excluding carboxylic acids is 3. The number of nitrogens with one attached hydrogen (secondary N) is 2. The van der Waals surface area contributed by atoms with E-state index < -0.39 is 24.0 Å². The molecule has 11 heteroatoms. The molecule has 0 aliphatic rings. The van der Waals surface area contributed by atoms with Gasteiger partial charge in [-0.2, -0.15) is 5.21 Å². The van der Waals surface area contributed by atoms with Crippen molar-refractivity contribution in [2.45, 2.75) is 38.8 Å². The van der Waals surface area contributed by atoms with Crippen molar-refractivity contribution in [2.75, 3.05) is 20.8 Å². The molecular weight excluding hydrogens is 464 g/mol. The van der Waals surface area contributed by atoms with Gasteiger partial charge in [0.05, 0.1) is 20.6 Å². The monoisotopic (exact) mass is 494 g/mol. The van der Waals surface area contributed by atoms with E-state index >= 15 is 0 Å². The number of rotatable bonds is 11. The summed E-state index contributed by atoms with van der Waals surface area (Å²) in [6, 6.07) is 14.0. The Kier molecular flexibility index (Phi) is 9.49. The summed E-state index contributed by atoms with van der Waals surface area (Å²) in [4.78, 5) is 38.5. The molecule has 0 spiro atoms. The van der Waals surface area contributed by atoms with Crippen LogP contribution in [0.3, 0.4) is 0 Å². The van der Waals surface area contributed by atoms with Gasteiger partial charge >= 0.3 is 18.0 Å². The second-order valence-electron chi connectivity index (χ2n) is 8.06. The van der Waals surface area contributed by atoms with Gasteiger partial charge in [-0.25, -0.2) is 9.59 Å². The fourth-order valence-electron chi connectivity index (χ4n) is 3.64. The molecule has 11 nitrogen and oxygen atoms in total. The summed E-state index contributed by atoms with van der Waals surface area (Å²) >= 11 is 0. The Morgan fingerprint density at radius 2 is 1.75 bits per heavy atom. The highest BCUT2D eigenvalue weighted by Gasteiger charge is 2.27. The fourth-order valence-corrected chi connectivity index (χ4v) is 3.64. The number of hydrogen-bond acceptors (Lipinski definition) is 8. The first-order valence-electron chi connectivity index (χ1n) is 11.6. The van der Waals surface area contributed by atoms with Crippen molar-refractivity contribution in [3.63, 3.8) is 0 Å². The molecular formula is C25H30N6O5. The number of hydrogen-bond donors (Lipinski definition) is 2. The van der Waals surface area contributed by atoms with Gasteiger partial charge in [-0.05, 0) is 28.3 Å². The predicted octanol–water partition coefficient (Wildman–Crippen LogP) is 2.95. The molecule has 1 heterocycles. The molecule has 1 aromatic heterocycles. The quantitative estimate of drug-likeness (QED) is 0.388. The molecule has 190 valence electrons. The fraction of sp³-hybridized carbons (Fsp3) is 0.360. The maximum absolute atomic E-state index is 13.1. The first kappa shape index (κ1) is 26.3. The Labute approximate surface area is 209 Å². The van der Waals surface area contributed by atoms with E-state index in [2.05, 4.69) is 30.7 Å². The predicted molar refractivity (Wildman–Crippen MR) is 131 cm³/mol. The summed E-state index contributed by atoms with van der Waals surface area (Å²) in [7, 11) is 2.42. The molecule has 3 rings (SSSR count). The molecule has 2 N–H and O–H groups in total. The van der Waals surface area contributed by atoms with Crippen LogP contribution < -0.4 is 5.32 Å². The van der Waals surface area contributed by atoms with E-state index in [4.69, 9.17) is 4.74 Å². The van der Waals surface area contributed by atoms with Crippen LogP contribution in [0.5, 0.6) is 0 Å². The summed E-state index contributed by atoms with van der Waals surface area (Å²) in [6.07, 6.45) is 1.35. The molecule has 0 saturated carbocycles. The number of amides is 2. The van der Waals surface area contributed by atoms with Crippen LogP contribution in [-0.2, 0) is 25.6 Å².